The lowest BCUT2D eigenvalue weighted by molar-refractivity contribution is 0.345. The van der Waals surface area contributed by atoms with Gasteiger partial charge in [0.15, 0.2) is 0 Å². The number of hydrogen-bond donors (Lipinski definition) is 1. The summed E-state index contributed by atoms with van der Waals surface area (Å²) >= 11 is 3.48. The van der Waals surface area contributed by atoms with E-state index in [1.807, 2.05) is 6.07 Å². The summed E-state index contributed by atoms with van der Waals surface area (Å²) in [5.74, 6) is 2.73. The van der Waals surface area contributed by atoms with Crippen molar-refractivity contribution in [1.82, 2.24) is 9.97 Å². The van der Waals surface area contributed by atoms with Crippen LogP contribution in [0.1, 0.15) is 65.1 Å². The van der Waals surface area contributed by atoms with E-state index in [0.717, 1.165) is 28.7 Å². The van der Waals surface area contributed by atoms with E-state index in [9.17, 15) is 0 Å². The van der Waals surface area contributed by atoms with Gasteiger partial charge in [-0.3, -0.25) is 0 Å². The molecule has 1 heterocycles. The van der Waals surface area contributed by atoms with Crippen molar-refractivity contribution in [1.29, 1.82) is 0 Å². The van der Waals surface area contributed by atoms with Crippen LogP contribution in [0.25, 0.3) is 0 Å². The van der Waals surface area contributed by atoms with Crippen molar-refractivity contribution in [3.8, 4) is 0 Å². The summed E-state index contributed by atoms with van der Waals surface area (Å²) in [7, 11) is 0. The zero-order valence-electron chi connectivity index (χ0n) is 12.9. The summed E-state index contributed by atoms with van der Waals surface area (Å²) in [5, 5.41) is 3.46. The van der Waals surface area contributed by atoms with E-state index in [-0.39, 0.29) is 5.41 Å². The van der Waals surface area contributed by atoms with Gasteiger partial charge in [-0.05, 0) is 28.3 Å². The van der Waals surface area contributed by atoms with Gasteiger partial charge in [-0.25, -0.2) is 9.97 Å². The normalized spacial score (nSPS) is 17.2. The van der Waals surface area contributed by atoms with Gasteiger partial charge in [0.05, 0.1) is 0 Å². The quantitative estimate of drug-likeness (QED) is 0.791. The maximum absolute atomic E-state index is 4.64. The van der Waals surface area contributed by atoms with Crippen molar-refractivity contribution >= 4 is 21.7 Å². The molecule has 0 aliphatic heterocycles. The number of anilines is 1. The summed E-state index contributed by atoms with van der Waals surface area (Å²) in [4.78, 5) is 9.10. The van der Waals surface area contributed by atoms with Gasteiger partial charge in [0.25, 0.3) is 0 Å². The van der Waals surface area contributed by atoms with Crippen molar-refractivity contribution in [3.63, 3.8) is 0 Å². The average Bonchev–Trinajstić information content (AvgIpc) is 2.38. The lowest BCUT2D eigenvalue weighted by Crippen LogP contribution is -2.18. The Morgan fingerprint density at radius 2 is 1.90 bits per heavy atom. The summed E-state index contributed by atoms with van der Waals surface area (Å²) in [5.41, 5.74) is -0.0242. The Morgan fingerprint density at radius 3 is 2.55 bits per heavy atom. The zero-order valence-corrected chi connectivity index (χ0v) is 14.5. The Labute approximate surface area is 131 Å². The predicted molar refractivity (Wildman–Crippen MR) is 88.1 cm³/mol. The first kappa shape index (κ1) is 15.7. The van der Waals surface area contributed by atoms with Crippen LogP contribution in [-0.4, -0.2) is 16.5 Å². The van der Waals surface area contributed by atoms with Crippen molar-refractivity contribution < 1.29 is 0 Å². The third-order valence-electron chi connectivity index (χ3n) is 3.95. The Morgan fingerprint density at radius 1 is 1.20 bits per heavy atom. The monoisotopic (exact) mass is 339 g/mol. The molecule has 1 saturated carbocycles. The van der Waals surface area contributed by atoms with Crippen LogP contribution < -0.4 is 5.32 Å². The molecule has 0 amide bonds. The maximum Gasteiger partial charge on any atom is 0.137 e. The first-order valence-electron chi connectivity index (χ1n) is 7.74. The van der Waals surface area contributed by atoms with Crippen LogP contribution in [0.5, 0.6) is 0 Å². The van der Waals surface area contributed by atoms with E-state index in [2.05, 4.69) is 52.0 Å². The van der Waals surface area contributed by atoms with Gasteiger partial charge < -0.3 is 5.32 Å². The zero-order chi connectivity index (χ0) is 14.6. The second kappa shape index (κ2) is 6.88. The lowest BCUT2D eigenvalue weighted by Gasteiger charge is -2.22. The van der Waals surface area contributed by atoms with Crippen molar-refractivity contribution in [2.45, 2.75) is 64.7 Å². The van der Waals surface area contributed by atoms with Gasteiger partial charge in [0.1, 0.15) is 16.2 Å². The van der Waals surface area contributed by atoms with Crippen molar-refractivity contribution in [3.05, 3.63) is 16.5 Å². The van der Waals surface area contributed by atoms with E-state index in [1.165, 1.54) is 38.5 Å². The van der Waals surface area contributed by atoms with Gasteiger partial charge >= 0.3 is 0 Å². The summed E-state index contributed by atoms with van der Waals surface area (Å²) in [6.07, 6.45) is 8.32. The Bertz CT molecular complexity index is 434. The van der Waals surface area contributed by atoms with Crippen LogP contribution >= 0.6 is 15.9 Å². The standard InChI is InChI=1S/C16H26BrN3/c1-16(2,3)15-19-13(17)11-14(20-15)18-10-9-12-7-5-4-6-8-12/h11-12H,4-10H2,1-3H3,(H,18,19,20). The number of nitrogens with one attached hydrogen (secondary N) is 1. The van der Waals surface area contributed by atoms with E-state index in [0.29, 0.717) is 0 Å². The van der Waals surface area contributed by atoms with Crippen LogP contribution in [0.4, 0.5) is 5.82 Å². The first-order chi connectivity index (χ1) is 9.45. The van der Waals surface area contributed by atoms with Gasteiger partial charge in [-0.2, -0.15) is 0 Å². The molecule has 1 aliphatic carbocycles. The van der Waals surface area contributed by atoms with Gasteiger partial charge in [-0.1, -0.05) is 52.9 Å². The Kier molecular flexibility index (Phi) is 5.42. The molecule has 1 aromatic rings. The van der Waals surface area contributed by atoms with E-state index in [4.69, 9.17) is 0 Å². The molecular formula is C16H26BrN3. The molecule has 4 heteroatoms. The molecular weight excluding hydrogens is 314 g/mol. The molecule has 1 aromatic heterocycles. The topological polar surface area (TPSA) is 37.8 Å². The molecule has 0 aromatic carbocycles. The molecule has 0 atom stereocenters. The molecule has 112 valence electrons. The third-order valence-corrected chi connectivity index (χ3v) is 4.36. The van der Waals surface area contributed by atoms with Crippen LogP contribution in [0.15, 0.2) is 10.7 Å². The molecule has 0 spiro atoms. The number of nitrogens with zero attached hydrogens (tertiary/aromatic N) is 2. The summed E-state index contributed by atoms with van der Waals surface area (Å²) < 4.78 is 0.859. The lowest BCUT2D eigenvalue weighted by atomic mass is 9.87. The maximum atomic E-state index is 4.64. The Hall–Kier alpha value is -0.640. The molecule has 3 nitrogen and oxygen atoms in total. The largest absolute Gasteiger partial charge is 0.370 e. The number of rotatable bonds is 4. The highest BCUT2D eigenvalue weighted by Gasteiger charge is 2.19. The minimum absolute atomic E-state index is 0.0242. The first-order valence-corrected chi connectivity index (χ1v) is 8.53. The highest BCUT2D eigenvalue weighted by Crippen LogP contribution is 2.26. The van der Waals surface area contributed by atoms with Crippen LogP contribution in [-0.2, 0) is 5.41 Å². The molecule has 1 fully saturated rings. The molecule has 1 N–H and O–H groups in total. The minimum Gasteiger partial charge on any atom is -0.370 e. The second-order valence-electron chi connectivity index (χ2n) is 6.87. The highest BCUT2D eigenvalue weighted by molar-refractivity contribution is 9.10. The summed E-state index contributed by atoms with van der Waals surface area (Å²) in [6.45, 7) is 7.43. The van der Waals surface area contributed by atoms with Crippen LogP contribution in [0.3, 0.4) is 0 Å². The molecule has 0 bridgehead atoms. The smallest absolute Gasteiger partial charge is 0.137 e. The fourth-order valence-corrected chi connectivity index (χ4v) is 3.11. The Balaban J connectivity index is 1.90. The summed E-state index contributed by atoms with van der Waals surface area (Å²) in [6, 6.07) is 1.97. The van der Waals surface area contributed by atoms with E-state index in [1.54, 1.807) is 0 Å². The second-order valence-corrected chi connectivity index (χ2v) is 7.68. The van der Waals surface area contributed by atoms with Crippen LogP contribution in [0, 0.1) is 5.92 Å². The van der Waals surface area contributed by atoms with E-state index >= 15 is 0 Å². The van der Waals surface area contributed by atoms with Crippen LogP contribution in [0.2, 0.25) is 0 Å². The van der Waals surface area contributed by atoms with Gasteiger partial charge in [0, 0.05) is 18.0 Å². The fourth-order valence-electron chi connectivity index (χ4n) is 2.72. The number of halogens is 1. The molecule has 20 heavy (non-hydrogen) atoms. The molecule has 0 saturated heterocycles. The van der Waals surface area contributed by atoms with Gasteiger partial charge in [0.2, 0.25) is 0 Å². The van der Waals surface area contributed by atoms with Crippen molar-refractivity contribution in [2.75, 3.05) is 11.9 Å². The molecule has 0 unspecified atom stereocenters. The average molecular weight is 340 g/mol. The predicted octanol–water partition coefficient (Wildman–Crippen LogP) is 4.92. The number of aromatic nitrogens is 2. The SMILES string of the molecule is CC(C)(C)c1nc(Br)cc(NCCC2CCCCC2)n1. The molecule has 2 rings (SSSR count). The minimum atomic E-state index is -0.0242. The van der Waals surface area contributed by atoms with Gasteiger partial charge in [-0.15, -0.1) is 0 Å². The number of hydrogen-bond acceptors (Lipinski definition) is 3. The molecule has 0 radical (unpaired) electrons. The highest BCUT2D eigenvalue weighted by atomic mass is 79.9. The third kappa shape index (κ3) is 4.72. The fraction of sp³-hybridized carbons (Fsp3) is 0.750. The van der Waals surface area contributed by atoms with Crippen molar-refractivity contribution in [2.24, 2.45) is 5.92 Å². The molecule has 1 aliphatic rings. The van der Waals surface area contributed by atoms with E-state index < -0.39 is 0 Å².